The Morgan fingerprint density at radius 1 is 0.784 bits per heavy atom. The number of aliphatic hydroxyl groups excluding tert-OH is 1. The van der Waals surface area contributed by atoms with Crippen molar-refractivity contribution in [1.29, 1.82) is 0 Å². The number of benzene rings is 4. The molecule has 0 bridgehead atoms. The molecule has 4 aromatic rings. The number of fused-ring (bicyclic) bond motifs is 3. The second-order valence-electron chi connectivity index (χ2n) is 8.62. The highest BCUT2D eigenvalue weighted by molar-refractivity contribution is 6.13. The fraction of sp³-hybridized carbons (Fsp3) is 0.152. The van der Waals surface area contributed by atoms with Gasteiger partial charge in [0.25, 0.3) is 0 Å². The number of ether oxygens (including phenoxy) is 1. The second-order valence-corrected chi connectivity index (χ2v) is 8.62. The van der Waals surface area contributed by atoms with Crippen LogP contribution in [0, 0.1) is 0 Å². The lowest BCUT2D eigenvalue weighted by Crippen LogP contribution is -2.16. The molecule has 4 nitrogen and oxygen atoms in total. The molecule has 0 aromatic heterocycles. The molecule has 0 aliphatic heterocycles. The number of carbonyl (C=O) groups is 1. The predicted molar refractivity (Wildman–Crippen MR) is 150 cm³/mol. The van der Waals surface area contributed by atoms with Gasteiger partial charge >= 0.3 is 5.97 Å². The minimum atomic E-state index is -0.602. The molecule has 37 heavy (non-hydrogen) atoms. The van der Waals surface area contributed by atoms with E-state index < -0.39 is 6.10 Å². The Morgan fingerprint density at radius 2 is 1.27 bits per heavy atom. The minimum Gasteiger partial charge on any atom is -0.466 e. The number of hydrogen-bond acceptors (Lipinski definition) is 4. The Morgan fingerprint density at radius 3 is 1.78 bits per heavy atom. The van der Waals surface area contributed by atoms with Crippen molar-refractivity contribution >= 4 is 11.7 Å². The molecule has 0 amide bonds. The third-order valence-electron chi connectivity index (χ3n) is 6.17. The van der Waals surface area contributed by atoms with Gasteiger partial charge in [0.05, 0.1) is 18.4 Å². The molecule has 1 aliphatic carbocycles. The van der Waals surface area contributed by atoms with Crippen LogP contribution in [0.1, 0.15) is 48.1 Å². The van der Waals surface area contributed by atoms with Crippen LogP contribution in [-0.2, 0) is 9.53 Å². The van der Waals surface area contributed by atoms with E-state index in [0.717, 1.165) is 33.5 Å². The van der Waals surface area contributed by atoms with Crippen LogP contribution in [-0.4, -0.2) is 23.4 Å². The summed E-state index contributed by atoms with van der Waals surface area (Å²) in [6, 6.07) is 36.8. The maximum atomic E-state index is 11.2. The van der Waals surface area contributed by atoms with Crippen molar-refractivity contribution in [2.45, 2.75) is 25.9 Å². The number of aliphatic hydroxyl groups is 1. The van der Waals surface area contributed by atoms with E-state index in [1.54, 1.807) is 6.92 Å². The summed E-state index contributed by atoms with van der Waals surface area (Å²) in [7, 11) is 0. The van der Waals surface area contributed by atoms with Gasteiger partial charge in [0.1, 0.15) is 0 Å². The zero-order chi connectivity index (χ0) is 26.0. The van der Waals surface area contributed by atoms with Crippen LogP contribution in [0.15, 0.2) is 126 Å². The molecule has 5 rings (SSSR count). The molecule has 186 valence electrons. The van der Waals surface area contributed by atoms with Crippen LogP contribution in [0.5, 0.6) is 0 Å². The Hall–Kier alpha value is -4.28. The van der Waals surface area contributed by atoms with Gasteiger partial charge in [0.2, 0.25) is 0 Å². The topological polar surface area (TPSA) is 58.9 Å². The van der Waals surface area contributed by atoms with Crippen LogP contribution in [0.25, 0.3) is 11.1 Å². The Labute approximate surface area is 218 Å². The first-order valence-corrected chi connectivity index (χ1v) is 12.4. The van der Waals surface area contributed by atoms with Crippen LogP contribution < -0.4 is 0 Å². The highest BCUT2D eigenvalue weighted by atomic mass is 16.5. The summed E-state index contributed by atoms with van der Waals surface area (Å²) in [6.07, 6.45) is 3.26. The van der Waals surface area contributed by atoms with Gasteiger partial charge in [-0.3, -0.25) is 9.79 Å². The number of esters is 1. The van der Waals surface area contributed by atoms with Crippen LogP contribution in [0.4, 0.5) is 0 Å². The first kappa shape index (κ1) is 25.8. The lowest BCUT2D eigenvalue weighted by atomic mass is 9.77. The van der Waals surface area contributed by atoms with Gasteiger partial charge < -0.3 is 9.84 Å². The number of rotatable bonds is 5. The average molecular weight is 490 g/mol. The standard InChI is InChI=1S/C29H23NO.C4H8O2/c31-29-26-18-10-9-16-24(26)23-15-7-8-17-25(23)27(29)19-20-30-28(21-11-3-1-4-12-21)22-13-5-2-6-14-22;1-3-6-4(2)5/h1-20,27,29,31H;3H2,1-2H3/b20-19+;/t27-,29-;/m0./s1. The first-order chi connectivity index (χ1) is 18.1. The van der Waals surface area contributed by atoms with E-state index in [1.165, 1.54) is 12.5 Å². The van der Waals surface area contributed by atoms with E-state index in [0.29, 0.717) is 6.61 Å². The summed E-state index contributed by atoms with van der Waals surface area (Å²) in [4.78, 5) is 14.7. The van der Waals surface area contributed by atoms with Crippen molar-refractivity contribution in [2.24, 2.45) is 4.99 Å². The smallest absolute Gasteiger partial charge is 0.302 e. The monoisotopic (exact) mass is 489 g/mol. The fourth-order valence-corrected chi connectivity index (χ4v) is 4.53. The highest BCUT2D eigenvalue weighted by Crippen LogP contribution is 2.46. The summed E-state index contributed by atoms with van der Waals surface area (Å²) in [6.45, 7) is 3.65. The van der Waals surface area contributed by atoms with Gasteiger partial charge in [-0.25, -0.2) is 0 Å². The molecule has 2 atom stereocenters. The van der Waals surface area contributed by atoms with Crippen molar-refractivity contribution in [1.82, 2.24) is 0 Å². The third-order valence-corrected chi connectivity index (χ3v) is 6.17. The largest absolute Gasteiger partial charge is 0.466 e. The molecule has 1 N–H and O–H groups in total. The maximum Gasteiger partial charge on any atom is 0.302 e. The van der Waals surface area contributed by atoms with Gasteiger partial charge in [0.15, 0.2) is 0 Å². The van der Waals surface area contributed by atoms with Gasteiger partial charge in [-0.15, -0.1) is 0 Å². The molecular formula is C33H31NO3. The zero-order valence-electron chi connectivity index (χ0n) is 21.1. The summed E-state index contributed by atoms with van der Waals surface area (Å²) < 4.78 is 4.40. The van der Waals surface area contributed by atoms with Crippen molar-refractivity contribution in [3.05, 3.63) is 144 Å². The van der Waals surface area contributed by atoms with Crippen molar-refractivity contribution in [3.63, 3.8) is 0 Å². The highest BCUT2D eigenvalue weighted by Gasteiger charge is 2.30. The maximum absolute atomic E-state index is 11.2. The van der Waals surface area contributed by atoms with Gasteiger partial charge in [0, 0.05) is 30.2 Å². The van der Waals surface area contributed by atoms with E-state index in [1.807, 2.05) is 72.9 Å². The lowest BCUT2D eigenvalue weighted by molar-refractivity contribution is -0.140. The summed E-state index contributed by atoms with van der Waals surface area (Å²) in [5.74, 6) is -0.361. The SMILES string of the molecule is CCOC(C)=O.O[C@H]1c2ccccc2-c2ccccc2[C@@H]1/C=C/N=C(c1ccccc1)c1ccccc1. The average Bonchev–Trinajstić information content (AvgIpc) is 2.94. The molecule has 4 heteroatoms. The lowest BCUT2D eigenvalue weighted by Gasteiger charge is -2.30. The Bertz CT molecular complexity index is 1340. The van der Waals surface area contributed by atoms with E-state index in [9.17, 15) is 9.90 Å². The van der Waals surface area contributed by atoms with E-state index in [2.05, 4.69) is 53.3 Å². The quantitative estimate of drug-likeness (QED) is 0.240. The number of carbonyl (C=O) groups excluding carboxylic acids is 1. The summed E-state index contributed by atoms with van der Waals surface area (Å²) >= 11 is 0. The summed E-state index contributed by atoms with van der Waals surface area (Å²) in [5.41, 5.74) is 7.41. The van der Waals surface area contributed by atoms with E-state index in [-0.39, 0.29) is 11.9 Å². The van der Waals surface area contributed by atoms with Gasteiger partial charge in [-0.05, 0) is 29.2 Å². The molecule has 1 aliphatic rings. The second kappa shape index (κ2) is 12.6. The summed E-state index contributed by atoms with van der Waals surface area (Å²) in [5, 5.41) is 11.2. The van der Waals surface area contributed by atoms with Crippen LogP contribution in [0.3, 0.4) is 0 Å². The third kappa shape index (κ3) is 6.29. The van der Waals surface area contributed by atoms with Crippen molar-refractivity contribution < 1.29 is 14.6 Å². The van der Waals surface area contributed by atoms with Crippen molar-refractivity contribution in [3.8, 4) is 11.1 Å². The molecule has 0 fully saturated rings. The van der Waals surface area contributed by atoms with Crippen LogP contribution in [0.2, 0.25) is 0 Å². The predicted octanol–water partition coefficient (Wildman–Crippen LogP) is 7.10. The molecular weight excluding hydrogens is 458 g/mol. The number of hydrogen-bond donors (Lipinski definition) is 1. The number of aliphatic imine (C=N–C) groups is 1. The van der Waals surface area contributed by atoms with Gasteiger partial charge in [-0.1, -0.05) is 115 Å². The molecule has 0 radical (unpaired) electrons. The Balaban J connectivity index is 0.000000480. The molecule has 0 saturated carbocycles. The number of nitrogens with zero attached hydrogens (tertiary/aromatic N) is 1. The Kier molecular flexibility index (Phi) is 8.79. The molecule has 0 saturated heterocycles. The minimum absolute atomic E-state index is 0.150. The normalized spacial score (nSPS) is 15.5. The molecule has 0 spiro atoms. The molecule has 4 aromatic carbocycles. The van der Waals surface area contributed by atoms with Crippen molar-refractivity contribution in [2.75, 3.05) is 6.61 Å². The zero-order valence-corrected chi connectivity index (χ0v) is 21.1. The van der Waals surface area contributed by atoms with E-state index in [4.69, 9.17) is 4.99 Å². The molecule has 0 unspecified atom stereocenters. The molecule has 0 heterocycles. The first-order valence-electron chi connectivity index (χ1n) is 12.4. The van der Waals surface area contributed by atoms with Gasteiger partial charge in [-0.2, -0.15) is 0 Å². The van der Waals surface area contributed by atoms with Crippen LogP contribution >= 0.6 is 0 Å². The van der Waals surface area contributed by atoms with E-state index >= 15 is 0 Å². The fourth-order valence-electron chi connectivity index (χ4n) is 4.53.